The van der Waals surface area contributed by atoms with Crippen molar-refractivity contribution < 1.29 is 23.4 Å². The molecular weight excluding hydrogens is 263 g/mol. The van der Waals surface area contributed by atoms with E-state index in [1.54, 1.807) is 0 Å². The third-order valence-electron chi connectivity index (χ3n) is 2.50. The number of esters is 1. The van der Waals surface area contributed by atoms with Crippen molar-refractivity contribution in [3.05, 3.63) is 29.6 Å². The predicted molar refractivity (Wildman–Crippen MR) is 62.1 cm³/mol. The van der Waals surface area contributed by atoms with Crippen LogP contribution in [0, 0.1) is 5.82 Å². The van der Waals surface area contributed by atoms with Crippen LogP contribution in [0.15, 0.2) is 18.2 Å². The second-order valence-corrected chi connectivity index (χ2v) is 3.96. The zero-order chi connectivity index (χ0) is 13.0. The highest BCUT2D eigenvalue weighted by atomic mass is 35.5. The molecule has 4 nitrogen and oxygen atoms in total. The Morgan fingerprint density at radius 1 is 1.56 bits per heavy atom. The van der Waals surface area contributed by atoms with Gasteiger partial charge < -0.3 is 14.2 Å². The Morgan fingerprint density at radius 3 is 3.06 bits per heavy atom. The van der Waals surface area contributed by atoms with Crippen LogP contribution in [0.3, 0.4) is 0 Å². The maximum atomic E-state index is 13.1. The summed E-state index contributed by atoms with van der Waals surface area (Å²) >= 11 is 5.43. The molecule has 0 aliphatic carbocycles. The largest absolute Gasteiger partial charge is 0.477 e. The summed E-state index contributed by atoms with van der Waals surface area (Å²) in [7, 11) is 0. The quantitative estimate of drug-likeness (QED) is 0.625. The van der Waals surface area contributed by atoms with Crippen molar-refractivity contribution in [3.8, 4) is 5.75 Å². The first kappa shape index (κ1) is 13.1. The van der Waals surface area contributed by atoms with Crippen molar-refractivity contribution in [3.63, 3.8) is 0 Å². The monoisotopic (exact) mass is 274 g/mol. The van der Waals surface area contributed by atoms with Gasteiger partial charge in [-0.25, -0.2) is 9.18 Å². The minimum absolute atomic E-state index is 0.00569. The number of ether oxygens (including phenoxy) is 3. The van der Waals surface area contributed by atoms with Crippen molar-refractivity contribution >= 4 is 17.6 Å². The first-order valence-corrected chi connectivity index (χ1v) is 6.05. The van der Waals surface area contributed by atoms with E-state index in [1.165, 1.54) is 12.1 Å². The smallest absolute Gasteiger partial charge is 0.344 e. The molecule has 1 aliphatic rings. The van der Waals surface area contributed by atoms with Crippen LogP contribution in [0.4, 0.5) is 4.39 Å². The van der Waals surface area contributed by atoms with E-state index in [0.29, 0.717) is 13.0 Å². The van der Waals surface area contributed by atoms with Gasteiger partial charge in [0.15, 0.2) is 6.07 Å². The molecule has 1 saturated heterocycles. The number of hydrogen-bond acceptors (Lipinski definition) is 4. The normalized spacial score (nSPS) is 18.7. The topological polar surface area (TPSA) is 44.8 Å². The molecule has 0 N–H and O–H groups in total. The Hall–Kier alpha value is -1.33. The molecule has 1 heterocycles. The molecule has 1 unspecified atom stereocenters. The Balaban J connectivity index is 2.14. The number of carbonyl (C=O) groups is 1. The van der Waals surface area contributed by atoms with E-state index in [0.717, 1.165) is 12.5 Å². The van der Waals surface area contributed by atoms with Crippen molar-refractivity contribution in [1.82, 2.24) is 0 Å². The molecule has 98 valence electrons. The van der Waals surface area contributed by atoms with Gasteiger partial charge >= 0.3 is 5.97 Å². The van der Waals surface area contributed by atoms with Crippen molar-refractivity contribution in [2.24, 2.45) is 0 Å². The van der Waals surface area contributed by atoms with Gasteiger partial charge in [0.05, 0.1) is 6.61 Å². The molecule has 0 spiro atoms. The summed E-state index contributed by atoms with van der Waals surface area (Å²) in [6.45, 7) is 0.562. The minimum atomic E-state index is -0.679. The number of hydrogen-bond donors (Lipinski definition) is 0. The van der Waals surface area contributed by atoms with Crippen LogP contribution in [0.5, 0.6) is 5.75 Å². The predicted octanol–water partition coefficient (Wildman–Crippen LogP) is 2.69. The van der Waals surface area contributed by atoms with Crippen molar-refractivity contribution in [2.45, 2.75) is 19.1 Å². The van der Waals surface area contributed by atoms with Crippen LogP contribution >= 0.6 is 11.6 Å². The van der Waals surface area contributed by atoms with Crippen LogP contribution in [-0.2, 0) is 9.47 Å². The fourth-order valence-electron chi connectivity index (χ4n) is 1.67. The average molecular weight is 275 g/mol. The highest BCUT2D eigenvalue weighted by Crippen LogP contribution is 2.23. The Labute approximate surface area is 109 Å². The summed E-state index contributed by atoms with van der Waals surface area (Å²) in [4.78, 5) is 11.9. The summed E-state index contributed by atoms with van der Waals surface area (Å²) in [5.74, 6) is -1.04. The summed E-state index contributed by atoms with van der Waals surface area (Å²) < 4.78 is 28.4. The van der Waals surface area contributed by atoms with Crippen molar-refractivity contribution in [1.29, 1.82) is 0 Å². The van der Waals surface area contributed by atoms with Gasteiger partial charge in [-0.15, -0.1) is 0 Å². The van der Waals surface area contributed by atoms with Gasteiger partial charge in [-0.2, -0.15) is 0 Å². The molecule has 2 rings (SSSR count). The molecule has 0 saturated carbocycles. The van der Waals surface area contributed by atoms with Gasteiger partial charge in [-0.1, -0.05) is 11.6 Å². The molecule has 1 aliphatic heterocycles. The number of halogens is 2. The number of benzene rings is 1. The Kier molecular flexibility index (Phi) is 4.38. The van der Waals surface area contributed by atoms with E-state index in [4.69, 9.17) is 25.8 Å². The van der Waals surface area contributed by atoms with E-state index in [9.17, 15) is 9.18 Å². The third-order valence-corrected chi connectivity index (χ3v) is 2.61. The SMILES string of the molecule is O=C(OC1CCCO1)c1cc(F)ccc1OCCl. The molecule has 1 atom stereocenters. The van der Waals surface area contributed by atoms with E-state index in [2.05, 4.69) is 0 Å². The van der Waals surface area contributed by atoms with Gasteiger partial charge in [0.25, 0.3) is 0 Å². The lowest BCUT2D eigenvalue weighted by Gasteiger charge is -2.13. The second kappa shape index (κ2) is 6.02. The van der Waals surface area contributed by atoms with E-state index in [1.807, 2.05) is 0 Å². The van der Waals surface area contributed by atoms with Crippen LogP contribution in [0.25, 0.3) is 0 Å². The second-order valence-electron chi connectivity index (χ2n) is 3.74. The molecule has 1 aromatic rings. The summed E-state index contributed by atoms with van der Waals surface area (Å²) in [5.41, 5.74) is 0.00569. The summed E-state index contributed by atoms with van der Waals surface area (Å²) in [5, 5.41) is 0. The zero-order valence-corrected chi connectivity index (χ0v) is 10.3. The highest BCUT2D eigenvalue weighted by molar-refractivity contribution is 6.17. The lowest BCUT2D eigenvalue weighted by molar-refractivity contribution is -0.0777. The summed E-state index contributed by atoms with van der Waals surface area (Å²) in [6, 6.07) is 3.44. The number of carbonyl (C=O) groups excluding carboxylic acids is 1. The van der Waals surface area contributed by atoms with Crippen molar-refractivity contribution in [2.75, 3.05) is 12.7 Å². The number of alkyl halides is 1. The van der Waals surface area contributed by atoms with E-state index < -0.39 is 18.1 Å². The number of rotatable bonds is 4. The molecule has 1 aromatic carbocycles. The first-order valence-electron chi connectivity index (χ1n) is 5.51. The van der Waals surface area contributed by atoms with E-state index in [-0.39, 0.29) is 17.4 Å². The molecule has 0 bridgehead atoms. The Bertz CT molecular complexity index is 432. The zero-order valence-electron chi connectivity index (χ0n) is 9.53. The van der Waals surface area contributed by atoms with Gasteiger partial charge in [0, 0.05) is 6.42 Å². The van der Waals surface area contributed by atoms with Gasteiger partial charge in [-0.3, -0.25) is 0 Å². The van der Waals surface area contributed by atoms with Gasteiger partial charge in [0.2, 0.25) is 6.29 Å². The third kappa shape index (κ3) is 3.11. The maximum absolute atomic E-state index is 13.1. The lowest BCUT2D eigenvalue weighted by atomic mass is 10.2. The molecule has 0 aromatic heterocycles. The molecule has 1 fully saturated rings. The summed E-state index contributed by atoms with van der Waals surface area (Å²) in [6.07, 6.45) is 0.920. The molecule has 18 heavy (non-hydrogen) atoms. The standard InChI is InChI=1S/C12H12ClFO4/c13-7-17-10-4-3-8(14)6-9(10)12(15)18-11-2-1-5-16-11/h3-4,6,11H,1-2,5,7H2. The fraction of sp³-hybridized carbons (Fsp3) is 0.417. The van der Waals surface area contributed by atoms with Crippen LogP contribution in [0.2, 0.25) is 0 Å². The average Bonchev–Trinajstić information content (AvgIpc) is 2.84. The van der Waals surface area contributed by atoms with Crippen LogP contribution in [-0.4, -0.2) is 24.9 Å². The first-order chi connectivity index (χ1) is 8.70. The molecule has 0 radical (unpaired) electrons. The molecule has 6 heteroatoms. The van der Waals surface area contributed by atoms with Gasteiger partial charge in [-0.05, 0) is 24.6 Å². The van der Waals surface area contributed by atoms with Crippen LogP contribution < -0.4 is 4.74 Å². The molecular formula is C12H12ClFO4. The molecule has 0 amide bonds. The lowest BCUT2D eigenvalue weighted by Crippen LogP contribution is -2.17. The van der Waals surface area contributed by atoms with E-state index >= 15 is 0 Å². The fourth-order valence-corrected chi connectivity index (χ4v) is 1.79. The van der Waals surface area contributed by atoms with Gasteiger partial charge in [0.1, 0.15) is 17.1 Å². The maximum Gasteiger partial charge on any atom is 0.344 e. The highest BCUT2D eigenvalue weighted by Gasteiger charge is 2.23. The Morgan fingerprint density at radius 2 is 2.39 bits per heavy atom. The van der Waals surface area contributed by atoms with Crippen LogP contribution in [0.1, 0.15) is 23.2 Å². The minimum Gasteiger partial charge on any atom is -0.477 e.